The molecule has 0 saturated carbocycles. The molecular formula is C13H9ClO5. The number of rotatable bonds is 5. The van der Waals surface area contributed by atoms with Crippen molar-refractivity contribution in [3.63, 3.8) is 0 Å². The average molecular weight is 281 g/mol. The van der Waals surface area contributed by atoms with Crippen molar-refractivity contribution in [1.29, 1.82) is 0 Å². The molecule has 1 aromatic heterocycles. The van der Waals surface area contributed by atoms with E-state index in [0.29, 0.717) is 23.2 Å². The van der Waals surface area contributed by atoms with E-state index in [0.717, 1.165) is 0 Å². The highest BCUT2D eigenvalue weighted by Gasteiger charge is 2.14. The zero-order valence-corrected chi connectivity index (χ0v) is 10.4. The van der Waals surface area contributed by atoms with E-state index in [4.69, 9.17) is 25.9 Å². The Balaban J connectivity index is 2.12. The molecule has 0 aliphatic rings. The maximum atomic E-state index is 10.8. The highest BCUT2D eigenvalue weighted by atomic mass is 35.5. The molecule has 1 aromatic carbocycles. The molecule has 2 aromatic rings. The minimum Gasteiger partial charge on any atom is -0.487 e. The summed E-state index contributed by atoms with van der Waals surface area (Å²) in [6.07, 6.45) is 1.95. The molecule has 5 nitrogen and oxygen atoms in total. The van der Waals surface area contributed by atoms with Gasteiger partial charge in [0.15, 0.2) is 0 Å². The number of furan rings is 1. The third-order valence-electron chi connectivity index (χ3n) is 2.42. The first-order valence-corrected chi connectivity index (χ1v) is 5.67. The number of benzene rings is 1. The maximum absolute atomic E-state index is 10.8. The van der Waals surface area contributed by atoms with Gasteiger partial charge < -0.3 is 14.3 Å². The monoisotopic (exact) mass is 280 g/mol. The molecule has 0 aliphatic carbocycles. The summed E-state index contributed by atoms with van der Waals surface area (Å²) in [5, 5.41) is 9.14. The highest BCUT2D eigenvalue weighted by molar-refractivity contribution is 6.32. The van der Waals surface area contributed by atoms with Gasteiger partial charge in [-0.15, -0.1) is 0 Å². The number of hydrogen-bond acceptors (Lipinski definition) is 4. The van der Waals surface area contributed by atoms with Gasteiger partial charge >= 0.3 is 5.97 Å². The Labute approximate surface area is 113 Å². The molecule has 2 rings (SSSR count). The molecule has 0 bridgehead atoms. The summed E-state index contributed by atoms with van der Waals surface area (Å²) in [5.74, 6) is -0.962. The smallest absolute Gasteiger partial charge is 0.372 e. The fraction of sp³-hybridized carbons (Fsp3) is 0.0769. The van der Waals surface area contributed by atoms with Crippen LogP contribution in [0.1, 0.15) is 26.5 Å². The molecule has 19 heavy (non-hydrogen) atoms. The van der Waals surface area contributed by atoms with E-state index in [9.17, 15) is 9.59 Å². The predicted molar refractivity (Wildman–Crippen MR) is 66.8 cm³/mol. The van der Waals surface area contributed by atoms with Gasteiger partial charge in [-0.3, -0.25) is 4.79 Å². The number of aromatic carboxylic acids is 1. The SMILES string of the molecule is O=Cc1ccc(OCc2ccoc2C(=O)O)c(Cl)c1. The maximum Gasteiger partial charge on any atom is 0.372 e. The molecule has 0 aliphatic heterocycles. The largest absolute Gasteiger partial charge is 0.487 e. The van der Waals surface area contributed by atoms with Crippen LogP contribution in [0, 0.1) is 0 Å². The number of carboxylic acid groups (broad SMARTS) is 1. The zero-order chi connectivity index (χ0) is 13.8. The topological polar surface area (TPSA) is 76.7 Å². The number of carboxylic acids is 1. The average Bonchev–Trinajstić information content (AvgIpc) is 2.85. The normalized spacial score (nSPS) is 10.2. The van der Waals surface area contributed by atoms with E-state index in [1.54, 1.807) is 12.1 Å². The Hall–Kier alpha value is -2.27. The van der Waals surface area contributed by atoms with E-state index in [1.807, 2.05) is 0 Å². The summed E-state index contributed by atoms with van der Waals surface area (Å²) in [7, 11) is 0. The van der Waals surface area contributed by atoms with Crippen LogP contribution in [0.5, 0.6) is 5.75 Å². The predicted octanol–water partition coefficient (Wildman–Crippen LogP) is 3.02. The van der Waals surface area contributed by atoms with Crippen LogP contribution in [0.15, 0.2) is 34.9 Å². The van der Waals surface area contributed by atoms with Gasteiger partial charge in [0.25, 0.3) is 0 Å². The Morgan fingerprint density at radius 1 is 1.42 bits per heavy atom. The van der Waals surface area contributed by atoms with Crippen molar-refractivity contribution in [3.8, 4) is 5.75 Å². The Morgan fingerprint density at radius 3 is 2.84 bits per heavy atom. The number of hydrogen-bond donors (Lipinski definition) is 1. The van der Waals surface area contributed by atoms with Crippen LogP contribution in [-0.2, 0) is 6.61 Å². The summed E-state index contributed by atoms with van der Waals surface area (Å²) < 4.78 is 10.2. The van der Waals surface area contributed by atoms with E-state index in [2.05, 4.69) is 0 Å². The van der Waals surface area contributed by atoms with Gasteiger partial charge in [0, 0.05) is 11.1 Å². The van der Waals surface area contributed by atoms with Crippen molar-refractivity contribution in [2.45, 2.75) is 6.61 Å². The Morgan fingerprint density at radius 2 is 2.21 bits per heavy atom. The Kier molecular flexibility index (Phi) is 3.87. The number of carbonyl (C=O) groups excluding carboxylic acids is 1. The van der Waals surface area contributed by atoms with Gasteiger partial charge in [0.05, 0.1) is 11.3 Å². The third-order valence-corrected chi connectivity index (χ3v) is 2.71. The lowest BCUT2D eigenvalue weighted by atomic mass is 10.2. The summed E-state index contributed by atoms with van der Waals surface area (Å²) in [6.45, 7) is 0.0122. The quantitative estimate of drug-likeness (QED) is 0.852. The van der Waals surface area contributed by atoms with Crippen LogP contribution in [0.4, 0.5) is 0 Å². The molecule has 0 spiro atoms. The van der Waals surface area contributed by atoms with E-state index in [-0.39, 0.29) is 17.4 Å². The molecule has 98 valence electrons. The lowest BCUT2D eigenvalue weighted by Gasteiger charge is -2.07. The second-order valence-electron chi connectivity index (χ2n) is 3.68. The van der Waals surface area contributed by atoms with Crippen LogP contribution in [0.2, 0.25) is 5.02 Å². The van der Waals surface area contributed by atoms with Crippen molar-refractivity contribution >= 4 is 23.9 Å². The molecule has 0 fully saturated rings. The van der Waals surface area contributed by atoms with Gasteiger partial charge in [0.1, 0.15) is 18.6 Å². The standard InChI is InChI=1S/C13H9ClO5/c14-10-5-8(6-15)1-2-11(10)19-7-9-3-4-18-12(9)13(16)17/h1-6H,7H2,(H,16,17). The highest BCUT2D eigenvalue weighted by Crippen LogP contribution is 2.26. The van der Waals surface area contributed by atoms with E-state index in [1.165, 1.54) is 18.4 Å². The van der Waals surface area contributed by atoms with E-state index < -0.39 is 5.97 Å². The Bertz CT molecular complexity index is 617. The lowest BCUT2D eigenvalue weighted by molar-refractivity contribution is 0.0658. The molecule has 0 atom stereocenters. The van der Waals surface area contributed by atoms with Crippen molar-refractivity contribution < 1.29 is 23.8 Å². The third kappa shape index (κ3) is 2.95. The van der Waals surface area contributed by atoms with Crippen LogP contribution < -0.4 is 4.74 Å². The van der Waals surface area contributed by atoms with Crippen LogP contribution >= 0.6 is 11.6 Å². The lowest BCUT2D eigenvalue weighted by Crippen LogP contribution is -2.02. The van der Waals surface area contributed by atoms with Gasteiger partial charge in [-0.25, -0.2) is 4.79 Å². The van der Waals surface area contributed by atoms with Crippen molar-refractivity contribution in [2.24, 2.45) is 0 Å². The van der Waals surface area contributed by atoms with Crippen molar-refractivity contribution in [3.05, 3.63) is 52.4 Å². The van der Waals surface area contributed by atoms with Gasteiger partial charge in [-0.1, -0.05) is 11.6 Å². The van der Waals surface area contributed by atoms with E-state index >= 15 is 0 Å². The molecule has 1 heterocycles. The number of halogens is 1. The van der Waals surface area contributed by atoms with Crippen molar-refractivity contribution in [2.75, 3.05) is 0 Å². The molecular weight excluding hydrogens is 272 g/mol. The second-order valence-corrected chi connectivity index (χ2v) is 4.08. The fourth-order valence-electron chi connectivity index (χ4n) is 1.50. The second kappa shape index (κ2) is 5.58. The van der Waals surface area contributed by atoms with Crippen LogP contribution in [0.3, 0.4) is 0 Å². The first-order valence-electron chi connectivity index (χ1n) is 5.29. The summed E-state index contributed by atoms with van der Waals surface area (Å²) in [6, 6.07) is 6.09. The van der Waals surface area contributed by atoms with Crippen LogP contribution in [0.25, 0.3) is 0 Å². The summed E-state index contributed by atoms with van der Waals surface area (Å²) >= 11 is 5.93. The van der Waals surface area contributed by atoms with Gasteiger partial charge in [-0.05, 0) is 24.3 Å². The number of carbonyl (C=O) groups is 2. The molecule has 1 N–H and O–H groups in total. The summed E-state index contributed by atoms with van der Waals surface area (Å²) in [5.41, 5.74) is 0.843. The number of ether oxygens (including phenoxy) is 1. The molecule has 0 radical (unpaired) electrons. The van der Waals surface area contributed by atoms with Gasteiger partial charge in [-0.2, -0.15) is 0 Å². The molecule has 6 heteroatoms. The molecule has 0 saturated heterocycles. The first kappa shape index (κ1) is 13.2. The first-order chi connectivity index (χ1) is 9.11. The van der Waals surface area contributed by atoms with Gasteiger partial charge in [0.2, 0.25) is 5.76 Å². The molecule has 0 unspecified atom stereocenters. The van der Waals surface area contributed by atoms with Crippen molar-refractivity contribution in [1.82, 2.24) is 0 Å². The zero-order valence-electron chi connectivity index (χ0n) is 9.63. The van der Waals surface area contributed by atoms with Crippen LogP contribution in [-0.4, -0.2) is 17.4 Å². The minimum absolute atomic E-state index is 0.0122. The number of aldehydes is 1. The fourth-order valence-corrected chi connectivity index (χ4v) is 1.74. The summed E-state index contributed by atoms with van der Waals surface area (Å²) in [4.78, 5) is 21.4. The molecule has 0 amide bonds. The minimum atomic E-state index is -1.16.